The highest BCUT2D eigenvalue weighted by molar-refractivity contribution is 5.98. The fourth-order valence-corrected chi connectivity index (χ4v) is 1.72. The van der Waals surface area contributed by atoms with Crippen molar-refractivity contribution in [3.63, 3.8) is 0 Å². The molecule has 0 fully saturated rings. The van der Waals surface area contributed by atoms with Crippen molar-refractivity contribution in [1.29, 1.82) is 5.41 Å². The lowest BCUT2D eigenvalue weighted by Crippen LogP contribution is -2.23. The number of hydrogen-bond acceptors (Lipinski definition) is 4. The Kier molecular flexibility index (Phi) is 5.09. The first-order valence-corrected chi connectivity index (χ1v) is 6.02. The Morgan fingerprint density at radius 1 is 1.50 bits per heavy atom. The number of pyridine rings is 1. The van der Waals surface area contributed by atoms with Gasteiger partial charge in [-0.05, 0) is 39.3 Å². The van der Waals surface area contributed by atoms with E-state index in [0.717, 1.165) is 11.3 Å². The summed E-state index contributed by atoms with van der Waals surface area (Å²) in [7, 11) is 0. The molecule has 0 amide bonds. The van der Waals surface area contributed by atoms with E-state index in [1.54, 1.807) is 0 Å². The van der Waals surface area contributed by atoms with Crippen molar-refractivity contribution in [2.75, 3.05) is 13.2 Å². The van der Waals surface area contributed by atoms with Gasteiger partial charge >= 0.3 is 0 Å². The summed E-state index contributed by atoms with van der Waals surface area (Å²) in [6.45, 7) is 8.75. The van der Waals surface area contributed by atoms with Gasteiger partial charge in [0, 0.05) is 12.3 Å². The summed E-state index contributed by atoms with van der Waals surface area (Å²) in [4.78, 5) is 4.30. The largest absolute Gasteiger partial charge is 0.472 e. The molecular weight excluding hydrogens is 230 g/mol. The average molecular weight is 251 g/mol. The second kappa shape index (κ2) is 6.35. The molecular formula is C13H21N3O2. The minimum absolute atomic E-state index is 0.0291. The number of hydrogen-bond donors (Lipinski definition) is 2. The summed E-state index contributed by atoms with van der Waals surface area (Å²) >= 11 is 0. The van der Waals surface area contributed by atoms with E-state index >= 15 is 0 Å². The molecule has 1 rings (SSSR count). The summed E-state index contributed by atoms with van der Waals surface area (Å²) in [5.41, 5.74) is 7.87. The zero-order chi connectivity index (χ0) is 13.7. The molecule has 5 nitrogen and oxygen atoms in total. The molecule has 0 spiro atoms. The number of amidine groups is 1. The Bertz CT molecular complexity index is 432. The van der Waals surface area contributed by atoms with E-state index in [4.69, 9.17) is 20.6 Å². The van der Waals surface area contributed by atoms with Gasteiger partial charge in [-0.15, -0.1) is 0 Å². The van der Waals surface area contributed by atoms with Crippen molar-refractivity contribution in [2.24, 2.45) is 5.73 Å². The summed E-state index contributed by atoms with van der Waals surface area (Å²) in [6, 6.07) is 1.89. The maximum Gasteiger partial charge on any atom is 0.225 e. The Morgan fingerprint density at radius 3 is 2.72 bits per heavy atom. The Morgan fingerprint density at radius 2 is 2.17 bits per heavy atom. The van der Waals surface area contributed by atoms with E-state index in [0.29, 0.717) is 24.7 Å². The molecule has 5 heteroatoms. The van der Waals surface area contributed by atoms with Crippen LogP contribution in [0, 0.1) is 19.3 Å². The number of aryl methyl sites for hydroxylation is 2. The van der Waals surface area contributed by atoms with Crippen LogP contribution < -0.4 is 10.5 Å². The summed E-state index contributed by atoms with van der Waals surface area (Å²) in [6.07, 6.45) is -0.128. The third-order valence-electron chi connectivity index (χ3n) is 2.45. The van der Waals surface area contributed by atoms with Gasteiger partial charge in [0.05, 0.1) is 12.2 Å². The normalized spacial score (nSPS) is 12.2. The van der Waals surface area contributed by atoms with Crippen LogP contribution in [0.2, 0.25) is 0 Å². The molecule has 0 aliphatic heterocycles. The van der Waals surface area contributed by atoms with Crippen molar-refractivity contribution < 1.29 is 9.47 Å². The van der Waals surface area contributed by atoms with Crippen LogP contribution in [0.15, 0.2) is 6.07 Å². The lowest BCUT2D eigenvalue weighted by atomic mass is 10.1. The van der Waals surface area contributed by atoms with Crippen molar-refractivity contribution in [2.45, 2.75) is 33.8 Å². The second-order valence-electron chi connectivity index (χ2n) is 4.26. The molecule has 18 heavy (non-hydrogen) atoms. The third kappa shape index (κ3) is 3.70. The fourth-order valence-electron chi connectivity index (χ4n) is 1.72. The van der Waals surface area contributed by atoms with Gasteiger partial charge in [-0.3, -0.25) is 5.41 Å². The summed E-state index contributed by atoms with van der Waals surface area (Å²) in [5, 5.41) is 7.60. The van der Waals surface area contributed by atoms with E-state index in [9.17, 15) is 0 Å². The van der Waals surface area contributed by atoms with Crippen LogP contribution in [-0.4, -0.2) is 30.1 Å². The Labute approximate surface area is 108 Å². The van der Waals surface area contributed by atoms with Crippen LogP contribution in [0.1, 0.15) is 30.7 Å². The van der Waals surface area contributed by atoms with Crippen LogP contribution >= 0.6 is 0 Å². The SMILES string of the molecule is CCOCC(C)Oc1nc(C)cc(C)c1C(=N)N. The summed E-state index contributed by atoms with van der Waals surface area (Å²) < 4.78 is 11.0. The molecule has 1 aromatic rings. The van der Waals surface area contributed by atoms with Gasteiger partial charge in [0.25, 0.3) is 0 Å². The highest BCUT2D eigenvalue weighted by Crippen LogP contribution is 2.21. The number of rotatable bonds is 6. The zero-order valence-corrected chi connectivity index (χ0v) is 11.4. The smallest absolute Gasteiger partial charge is 0.225 e. The van der Waals surface area contributed by atoms with Crippen LogP contribution in [0.5, 0.6) is 5.88 Å². The standard InChI is InChI=1S/C13H21N3O2/c1-5-17-7-10(4)18-13-11(12(14)15)8(2)6-9(3)16-13/h6,10H,5,7H2,1-4H3,(H3,14,15). The lowest BCUT2D eigenvalue weighted by Gasteiger charge is -2.17. The number of aromatic nitrogens is 1. The van der Waals surface area contributed by atoms with Crippen LogP contribution in [0.25, 0.3) is 0 Å². The fraction of sp³-hybridized carbons (Fsp3) is 0.538. The Balaban J connectivity index is 2.96. The van der Waals surface area contributed by atoms with Crippen molar-refractivity contribution >= 4 is 5.84 Å². The molecule has 1 heterocycles. The van der Waals surface area contributed by atoms with Crippen LogP contribution in [0.4, 0.5) is 0 Å². The first-order chi connectivity index (χ1) is 8.45. The minimum Gasteiger partial charge on any atom is -0.472 e. The molecule has 0 saturated heterocycles. The third-order valence-corrected chi connectivity index (χ3v) is 2.45. The molecule has 0 radical (unpaired) electrons. The van der Waals surface area contributed by atoms with Gasteiger partial charge in [0.2, 0.25) is 5.88 Å². The monoisotopic (exact) mass is 251 g/mol. The number of nitrogens with two attached hydrogens (primary N) is 1. The molecule has 3 N–H and O–H groups in total. The Hall–Kier alpha value is -1.62. The highest BCUT2D eigenvalue weighted by atomic mass is 16.5. The average Bonchev–Trinajstić information content (AvgIpc) is 2.24. The number of nitrogens with zero attached hydrogens (tertiary/aromatic N) is 1. The molecule has 0 aromatic carbocycles. The quantitative estimate of drug-likeness (QED) is 0.596. The first kappa shape index (κ1) is 14.4. The lowest BCUT2D eigenvalue weighted by molar-refractivity contribution is 0.0631. The molecule has 0 aliphatic carbocycles. The maximum absolute atomic E-state index is 7.60. The van der Waals surface area contributed by atoms with Gasteiger partial charge in [-0.25, -0.2) is 4.98 Å². The highest BCUT2D eigenvalue weighted by Gasteiger charge is 2.15. The molecule has 1 atom stereocenters. The van der Waals surface area contributed by atoms with Gasteiger partial charge in [0.15, 0.2) is 0 Å². The zero-order valence-electron chi connectivity index (χ0n) is 11.4. The van der Waals surface area contributed by atoms with Crippen LogP contribution in [0.3, 0.4) is 0 Å². The van der Waals surface area contributed by atoms with Crippen molar-refractivity contribution in [3.05, 3.63) is 22.9 Å². The van der Waals surface area contributed by atoms with Crippen LogP contribution in [-0.2, 0) is 4.74 Å². The van der Waals surface area contributed by atoms with E-state index in [2.05, 4.69) is 4.98 Å². The van der Waals surface area contributed by atoms with Gasteiger partial charge < -0.3 is 15.2 Å². The topological polar surface area (TPSA) is 81.2 Å². The second-order valence-corrected chi connectivity index (χ2v) is 4.26. The van der Waals surface area contributed by atoms with Gasteiger partial charge in [-0.2, -0.15) is 0 Å². The number of nitrogen functional groups attached to an aromatic ring is 1. The molecule has 0 bridgehead atoms. The van der Waals surface area contributed by atoms with E-state index in [1.807, 2.05) is 33.8 Å². The molecule has 1 aromatic heterocycles. The summed E-state index contributed by atoms with van der Waals surface area (Å²) in [5.74, 6) is 0.380. The van der Waals surface area contributed by atoms with Gasteiger partial charge in [-0.1, -0.05) is 0 Å². The van der Waals surface area contributed by atoms with Crippen molar-refractivity contribution in [1.82, 2.24) is 4.98 Å². The first-order valence-electron chi connectivity index (χ1n) is 6.02. The molecule has 1 unspecified atom stereocenters. The predicted octanol–water partition coefficient (Wildman–Crippen LogP) is 1.79. The number of ether oxygens (including phenoxy) is 2. The van der Waals surface area contributed by atoms with E-state index in [-0.39, 0.29) is 11.9 Å². The van der Waals surface area contributed by atoms with E-state index in [1.165, 1.54) is 0 Å². The maximum atomic E-state index is 7.60. The molecule has 0 aliphatic rings. The van der Waals surface area contributed by atoms with E-state index < -0.39 is 0 Å². The minimum atomic E-state index is -0.128. The molecule has 100 valence electrons. The predicted molar refractivity (Wildman–Crippen MR) is 71.3 cm³/mol. The molecule has 0 saturated carbocycles. The van der Waals surface area contributed by atoms with Crippen molar-refractivity contribution in [3.8, 4) is 5.88 Å². The van der Waals surface area contributed by atoms with Gasteiger partial charge in [0.1, 0.15) is 11.9 Å². The number of nitrogens with one attached hydrogen (secondary N) is 1.